The average Bonchev–Trinajstić information content (AvgIpc) is 2.68. The van der Waals surface area contributed by atoms with Crippen molar-refractivity contribution in [1.29, 1.82) is 0 Å². The molecule has 3 atom stereocenters. The van der Waals surface area contributed by atoms with E-state index in [1.807, 2.05) is 0 Å². The lowest BCUT2D eigenvalue weighted by Gasteiger charge is -2.42. The Morgan fingerprint density at radius 2 is 2.11 bits per heavy atom. The summed E-state index contributed by atoms with van der Waals surface area (Å²) in [6.45, 7) is 1.80. The fourth-order valence-electron chi connectivity index (χ4n) is 4.19. The van der Waals surface area contributed by atoms with Gasteiger partial charge in [-0.3, -0.25) is 14.9 Å². The van der Waals surface area contributed by atoms with Crippen LogP contribution >= 0.6 is 0 Å². The van der Waals surface area contributed by atoms with Gasteiger partial charge in [-0.25, -0.2) is 10.3 Å². The van der Waals surface area contributed by atoms with E-state index in [4.69, 9.17) is 4.84 Å². The van der Waals surface area contributed by atoms with Gasteiger partial charge >= 0.3 is 5.97 Å². The van der Waals surface area contributed by atoms with Crippen LogP contribution in [0, 0.1) is 27.9 Å². The second-order valence-corrected chi connectivity index (χ2v) is 7.07. The van der Waals surface area contributed by atoms with Gasteiger partial charge in [0, 0.05) is 18.1 Å². The Balaban J connectivity index is 1.58. The lowest BCUT2D eigenvalue weighted by molar-refractivity contribution is -0.384. The predicted molar refractivity (Wildman–Crippen MR) is 96.3 cm³/mol. The summed E-state index contributed by atoms with van der Waals surface area (Å²) in [7, 11) is 0. The molecule has 0 saturated heterocycles. The highest BCUT2D eigenvalue weighted by Crippen LogP contribution is 2.48. The molecule has 5 rings (SSSR count). The minimum atomic E-state index is -0.718. The van der Waals surface area contributed by atoms with Crippen LogP contribution in [0.3, 0.4) is 0 Å². The SMILES string of the molecule is CC1=CC(=O)[C@@H]2C(=C1NOC(=O)c1cccc([N+](=O)[O-])c1)[C@@H]1C=C[C@H]2CC1. The van der Waals surface area contributed by atoms with Gasteiger partial charge in [0.2, 0.25) is 0 Å². The third kappa shape index (κ3) is 2.95. The van der Waals surface area contributed by atoms with Crippen LogP contribution in [0.5, 0.6) is 0 Å². The van der Waals surface area contributed by atoms with E-state index in [9.17, 15) is 19.7 Å². The van der Waals surface area contributed by atoms with Crippen molar-refractivity contribution in [1.82, 2.24) is 5.48 Å². The minimum Gasteiger partial charge on any atom is -0.338 e. The van der Waals surface area contributed by atoms with E-state index in [2.05, 4.69) is 17.6 Å². The van der Waals surface area contributed by atoms with Gasteiger partial charge in [0.25, 0.3) is 5.69 Å². The summed E-state index contributed by atoms with van der Waals surface area (Å²) in [4.78, 5) is 40.3. The van der Waals surface area contributed by atoms with E-state index in [-0.39, 0.29) is 34.8 Å². The maximum Gasteiger partial charge on any atom is 0.363 e. The summed E-state index contributed by atoms with van der Waals surface area (Å²) < 4.78 is 0. The monoisotopic (exact) mass is 366 g/mol. The number of carbonyl (C=O) groups is 2. The molecule has 0 radical (unpaired) electrons. The van der Waals surface area contributed by atoms with Crippen molar-refractivity contribution < 1.29 is 19.3 Å². The largest absolute Gasteiger partial charge is 0.363 e. The molecule has 27 heavy (non-hydrogen) atoms. The van der Waals surface area contributed by atoms with Crippen LogP contribution in [0.25, 0.3) is 0 Å². The number of nitro groups is 1. The first-order valence-electron chi connectivity index (χ1n) is 8.82. The number of carbonyl (C=O) groups excluding carboxylic acids is 2. The highest BCUT2D eigenvalue weighted by atomic mass is 16.7. The van der Waals surface area contributed by atoms with Gasteiger partial charge in [-0.1, -0.05) is 18.2 Å². The quantitative estimate of drug-likeness (QED) is 0.499. The number of nitrogens with one attached hydrogen (secondary N) is 1. The van der Waals surface area contributed by atoms with Crippen LogP contribution in [-0.4, -0.2) is 16.7 Å². The van der Waals surface area contributed by atoms with E-state index >= 15 is 0 Å². The molecule has 0 aliphatic heterocycles. The zero-order valence-corrected chi connectivity index (χ0v) is 14.7. The van der Waals surface area contributed by atoms with Crippen molar-refractivity contribution in [2.45, 2.75) is 19.8 Å². The second-order valence-electron chi connectivity index (χ2n) is 7.07. The molecule has 1 fully saturated rings. The third-order valence-corrected chi connectivity index (χ3v) is 5.45. The fraction of sp³-hybridized carbons (Fsp3) is 0.300. The predicted octanol–water partition coefficient (Wildman–Crippen LogP) is 3.25. The fourth-order valence-corrected chi connectivity index (χ4v) is 4.19. The van der Waals surface area contributed by atoms with Gasteiger partial charge in [0.05, 0.1) is 22.1 Å². The Morgan fingerprint density at radius 3 is 2.81 bits per heavy atom. The number of allylic oxidation sites excluding steroid dienone is 5. The van der Waals surface area contributed by atoms with Crippen molar-refractivity contribution >= 4 is 17.4 Å². The minimum absolute atomic E-state index is 0.0810. The number of ketones is 1. The van der Waals surface area contributed by atoms with Gasteiger partial charge in [0.15, 0.2) is 5.78 Å². The smallest absolute Gasteiger partial charge is 0.338 e. The van der Waals surface area contributed by atoms with Gasteiger partial charge in [-0.05, 0) is 49.0 Å². The van der Waals surface area contributed by atoms with Crippen LogP contribution in [0.1, 0.15) is 30.1 Å². The van der Waals surface area contributed by atoms with Crippen molar-refractivity contribution in [3.8, 4) is 0 Å². The highest BCUT2D eigenvalue weighted by Gasteiger charge is 2.43. The van der Waals surface area contributed by atoms with Crippen molar-refractivity contribution in [3.05, 3.63) is 75.0 Å². The number of hydrogen-bond donors (Lipinski definition) is 1. The standard InChI is InChI=1S/C20H18N2O5/c1-11-9-16(23)17-12-5-7-13(8-6-12)18(17)19(11)21-27-20(24)14-3-2-4-15(10-14)22(25)26/h2-5,7,9-10,12-13,17,21H,6,8H2,1H3/t12-,13+,17+/m0/s1. The van der Waals surface area contributed by atoms with Crippen LogP contribution in [0.2, 0.25) is 0 Å². The first-order valence-corrected chi connectivity index (χ1v) is 8.82. The number of fused-ring (bicyclic) bond motifs is 1. The van der Waals surface area contributed by atoms with Crippen LogP contribution < -0.4 is 5.48 Å². The first kappa shape index (κ1) is 17.2. The van der Waals surface area contributed by atoms with Crippen molar-refractivity contribution in [2.75, 3.05) is 0 Å². The van der Waals surface area contributed by atoms with Gasteiger partial charge in [-0.2, -0.15) is 0 Å². The van der Waals surface area contributed by atoms with Crippen molar-refractivity contribution in [3.63, 3.8) is 0 Å². The maximum absolute atomic E-state index is 12.5. The Morgan fingerprint density at radius 1 is 1.30 bits per heavy atom. The van der Waals surface area contributed by atoms with Gasteiger partial charge in [-0.15, -0.1) is 0 Å². The van der Waals surface area contributed by atoms with Crippen LogP contribution in [-0.2, 0) is 9.63 Å². The van der Waals surface area contributed by atoms with Crippen LogP contribution in [0.15, 0.2) is 59.3 Å². The lowest BCUT2D eigenvalue weighted by Crippen LogP contribution is -2.40. The number of hydrogen-bond acceptors (Lipinski definition) is 6. The molecule has 0 aromatic heterocycles. The summed E-state index contributed by atoms with van der Waals surface area (Å²) in [5.41, 5.74) is 4.99. The molecule has 7 nitrogen and oxygen atoms in total. The Hall–Kier alpha value is -3.22. The lowest BCUT2D eigenvalue weighted by atomic mass is 9.62. The molecular weight excluding hydrogens is 348 g/mol. The zero-order valence-electron chi connectivity index (χ0n) is 14.7. The molecule has 2 bridgehead atoms. The number of non-ortho nitro benzene ring substituents is 1. The number of benzene rings is 1. The zero-order chi connectivity index (χ0) is 19.1. The molecule has 1 aromatic rings. The molecular formula is C20H18N2O5. The van der Waals surface area contributed by atoms with Crippen molar-refractivity contribution in [2.24, 2.45) is 17.8 Å². The number of nitrogens with zero attached hydrogens (tertiary/aromatic N) is 1. The average molecular weight is 366 g/mol. The summed E-state index contributed by atoms with van der Waals surface area (Å²) in [5.74, 6) is -0.476. The number of hydroxylamine groups is 1. The van der Waals surface area contributed by atoms with E-state index < -0.39 is 10.9 Å². The Kier molecular flexibility index (Phi) is 4.14. The molecule has 7 heteroatoms. The Labute approximate surface area is 155 Å². The maximum atomic E-state index is 12.5. The highest BCUT2D eigenvalue weighted by molar-refractivity contribution is 5.98. The van der Waals surface area contributed by atoms with E-state index in [1.54, 1.807) is 13.0 Å². The number of nitro benzene ring substituents is 1. The van der Waals surface area contributed by atoms with E-state index in [0.29, 0.717) is 5.70 Å². The first-order chi connectivity index (χ1) is 13.0. The molecule has 0 unspecified atom stereocenters. The molecule has 138 valence electrons. The molecule has 4 aliphatic rings. The molecule has 4 aliphatic carbocycles. The Bertz CT molecular complexity index is 943. The third-order valence-electron chi connectivity index (χ3n) is 5.45. The normalized spacial score (nSPS) is 25.7. The molecule has 0 heterocycles. The topological polar surface area (TPSA) is 98.5 Å². The summed E-state index contributed by atoms with van der Waals surface area (Å²) in [6, 6.07) is 5.37. The van der Waals surface area contributed by atoms with E-state index in [0.717, 1.165) is 24.0 Å². The van der Waals surface area contributed by atoms with Gasteiger partial charge < -0.3 is 4.84 Å². The summed E-state index contributed by atoms with van der Waals surface area (Å²) >= 11 is 0. The molecule has 0 spiro atoms. The van der Waals surface area contributed by atoms with Gasteiger partial charge in [0.1, 0.15) is 0 Å². The summed E-state index contributed by atoms with van der Waals surface area (Å²) in [6.07, 6.45) is 7.77. The summed E-state index contributed by atoms with van der Waals surface area (Å²) in [5, 5.41) is 10.9. The molecule has 0 amide bonds. The second kappa shape index (κ2) is 6.50. The molecule has 1 saturated carbocycles. The van der Waals surface area contributed by atoms with Crippen LogP contribution in [0.4, 0.5) is 5.69 Å². The number of rotatable bonds is 4. The molecule has 1 N–H and O–H groups in total. The van der Waals surface area contributed by atoms with E-state index in [1.165, 1.54) is 24.3 Å². The molecule has 1 aromatic carbocycles.